The maximum Gasteiger partial charge on any atom is 0.270 e. The van der Waals surface area contributed by atoms with Crippen LogP contribution >= 0.6 is 0 Å². The van der Waals surface area contributed by atoms with Crippen molar-refractivity contribution in [3.05, 3.63) is 35.5 Å². The molecule has 14 nitrogen and oxygen atoms in total. The standard InChI is InChI=1S/C42H57F2N7O7/c1-25(52)50-20-17-33(48-38(55)34-22-27-21-28(42(2,43)44)11-13-31(27)46-34)41(58)51-29(24-50)12-15-35(51)39(56)47-32(14-16-37(45)54)36(53)23-30(26-9-5-3-6-10-26)40(57)49-18-7-4-8-19-49/h11,13,21-22,26,29-30,32-33,35,46H,3-10,12,14-20,23-24H2,1-2H3,(H2,45,54)(H,47,56)(H,48,55)/t29-,30+,32+,33+,35+/m1/s1. The van der Waals surface area contributed by atoms with E-state index in [4.69, 9.17) is 5.73 Å². The molecule has 4 heterocycles. The number of carbonyl (C=O) groups is 7. The number of nitrogens with one attached hydrogen (secondary N) is 3. The zero-order valence-electron chi connectivity index (χ0n) is 33.5. The van der Waals surface area contributed by atoms with Gasteiger partial charge in [0.1, 0.15) is 17.8 Å². The van der Waals surface area contributed by atoms with E-state index in [2.05, 4.69) is 15.6 Å². The Morgan fingerprint density at radius 3 is 2.29 bits per heavy atom. The molecule has 3 saturated heterocycles. The van der Waals surface area contributed by atoms with Crippen molar-refractivity contribution in [1.82, 2.24) is 30.3 Å². The number of hydrogen-bond donors (Lipinski definition) is 4. The highest BCUT2D eigenvalue weighted by atomic mass is 19.3. The minimum absolute atomic E-state index is 0.0346. The summed E-state index contributed by atoms with van der Waals surface area (Å²) in [5.74, 6) is -6.71. The van der Waals surface area contributed by atoms with E-state index in [9.17, 15) is 42.3 Å². The number of primary amides is 1. The fourth-order valence-electron chi connectivity index (χ4n) is 9.34. The van der Waals surface area contributed by atoms with Crippen LogP contribution in [-0.2, 0) is 34.7 Å². The second-order valence-electron chi connectivity index (χ2n) is 16.8. The van der Waals surface area contributed by atoms with Crippen LogP contribution in [0.2, 0.25) is 0 Å². The molecular formula is C42H57F2N7O7. The Morgan fingerprint density at radius 1 is 0.914 bits per heavy atom. The van der Waals surface area contributed by atoms with Crippen molar-refractivity contribution < 1.29 is 42.3 Å². The Bertz CT molecular complexity index is 1880. The largest absolute Gasteiger partial charge is 0.370 e. The van der Waals surface area contributed by atoms with Gasteiger partial charge in [-0.2, -0.15) is 0 Å². The molecule has 0 radical (unpaired) electrons. The maximum absolute atomic E-state index is 14.4. The second-order valence-corrected chi connectivity index (χ2v) is 16.8. The third-order valence-electron chi connectivity index (χ3n) is 12.6. The SMILES string of the molecule is CC(=O)N1CC[C@H](NC(=O)c2cc3cc(C(C)(F)F)ccc3[nH]2)C(=O)N2[C@H](CC[C@H]2C(=O)N[C@@H](CCC(N)=O)C(=O)C[C@H](C(=O)N2CCCCC2)C2CCCCC2)C1. The van der Waals surface area contributed by atoms with Crippen LogP contribution < -0.4 is 16.4 Å². The third-order valence-corrected chi connectivity index (χ3v) is 12.6. The number of amides is 6. The molecule has 4 aliphatic rings. The van der Waals surface area contributed by atoms with Crippen molar-refractivity contribution in [2.24, 2.45) is 17.6 Å². The van der Waals surface area contributed by atoms with Crippen LogP contribution in [0.15, 0.2) is 24.3 Å². The van der Waals surface area contributed by atoms with Crippen LogP contribution in [0.3, 0.4) is 0 Å². The van der Waals surface area contributed by atoms with Gasteiger partial charge >= 0.3 is 0 Å². The monoisotopic (exact) mass is 809 g/mol. The van der Waals surface area contributed by atoms with E-state index >= 15 is 0 Å². The lowest BCUT2D eigenvalue weighted by molar-refractivity contribution is -0.146. The van der Waals surface area contributed by atoms with Gasteiger partial charge in [0.05, 0.1) is 12.1 Å². The van der Waals surface area contributed by atoms with E-state index in [1.165, 1.54) is 36.1 Å². The average molecular weight is 810 g/mol. The normalized spacial score (nSPS) is 23.1. The Labute approximate surface area is 337 Å². The predicted molar refractivity (Wildman–Crippen MR) is 210 cm³/mol. The van der Waals surface area contributed by atoms with Gasteiger partial charge in [-0.1, -0.05) is 25.3 Å². The van der Waals surface area contributed by atoms with Gasteiger partial charge in [0, 0.05) is 75.3 Å². The van der Waals surface area contributed by atoms with Crippen LogP contribution in [0.5, 0.6) is 0 Å². The number of ketones is 1. The smallest absolute Gasteiger partial charge is 0.270 e. The van der Waals surface area contributed by atoms with Crippen molar-refractivity contribution >= 4 is 52.1 Å². The second kappa shape index (κ2) is 18.4. The summed E-state index contributed by atoms with van der Waals surface area (Å²) in [6.07, 6.45) is 7.86. The molecule has 0 bridgehead atoms. The summed E-state index contributed by atoms with van der Waals surface area (Å²) in [4.78, 5) is 103. The van der Waals surface area contributed by atoms with Crippen LogP contribution in [-0.4, -0.2) is 111 Å². The Hall–Kier alpha value is -4.89. The summed E-state index contributed by atoms with van der Waals surface area (Å²) in [5, 5.41) is 5.97. The molecule has 5 atom stereocenters. The fourth-order valence-corrected chi connectivity index (χ4v) is 9.34. The number of H-pyrrole nitrogens is 1. The number of likely N-dealkylation sites (tertiary alicyclic amines) is 1. The minimum atomic E-state index is -3.09. The summed E-state index contributed by atoms with van der Waals surface area (Å²) >= 11 is 0. The number of piperidine rings is 1. The van der Waals surface area contributed by atoms with Gasteiger partial charge in [-0.25, -0.2) is 8.78 Å². The van der Waals surface area contributed by atoms with Crippen LogP contribution in [0, 0.1) is 11.8 Å². The van der Waals surface area contributed by atoms with E-state index in [-0.39, 0.29) is 80.0 Å². The number of nitrogens with two attached hydrogens (primary N) is 1. The lowest BCUT2D eigenvalue weighted by Gasteiger charge is -2.39. The highest BCUT2D eigenvalue weighted by Gasteiger charge is 2.46. The summed E-state index contributed by atoms with van der Waals surface area (Å²) in [6.45, 7) is 3.82. The van der Waals surface area contributed by atoms with Gasteiger partial charge in [0.15, 0.2) is 5.78 Å². The van der Waals surface area contributed by atoms with Crippen LogP contribution in [0.1, 0.15) is 120 Å². The average Bonchev–Trinajstić information content (AvgIpc) is 3.82. The van der Waals surface area contributed by atoms with E-state index in [1.807, 2.05) is 4.90 Å². The van der Waals surface area contributed by atoms with Crippen molar-refractivity contribution in [3.8, 4) is 0 Å². The number of benzene rings is 1. The quantitative estimate of drug-likeness (QED) is 0.236. The lowest BCUT2D eigenvalue weighted by Crippen LogP contribution is -2.61. The summed E-state index contributed by atoms with van der Waals surface area (Å²) in [7, 11) is 0. The number of nitrogens with zero attached hydrogens (tertiary/aromatic N) is 3. The van der Waals surface area contributed by atoms with Gasteiger partial charge in [0.25, 0.3) is 11.8 Å². The highest BCUT2D eigenvalue weighted by Crippen LogP contribution is 2.35. The van der Waals surface area contributed by atoms with Crippen LogP contribution in [0.25, 0.3) is 10.9 Å². The zero-order valence-corrected chi connectivity index (χ0v) is 33.5. The molecule has 1 aliphatic carbocycles. The third kappa shape index (κ3) is 10.0. The van der Waals surface area contributed by atoms with E-state index in [1.54, 1.807) is 4.90 Å². The molecule has 6 rings (SSSR count). The van der Waals surface area contributed by atoms with Gasteiger partial charge in [0.2, 0.25) is 29.5 Å². The Balaban J connectivity index is 1.21. The predicted octanol–water partition coefficient (Wildman–Crippen LogP) is 3.91. The molecule has 0 spiro atoms. The van der Waals surface area contributed by atoms with E-state index in [0.717, 1.165) is 58.3 Å². The van der Waals surface area contributed by atoms with Gasteiger partial charge in [-0.05, 0) is 81.9 Å². The molecule has 3 aliphatic heterocycles. The number of carbonyl (C=O) groups excluding carboxylic acids is 7. The van der Waals surface area contributed by atoms with Crippen molar-refractivity contribution in [1.29, 1.82) is 0 Å². The number of rotatable bonds is 13. The molecule has 0 unspecified atom stereocenters. The molecule has 1 saturated carbocycles. The van der Waals surface area contributed by atoms with Crippen molar-refractivity contribution in [2.75, 3.05) is 26.2 Å². The Kier molecular flexibility index (Phi) is 13.5. The number of alkyl halides is 2. The molecular weight excluding hydrogens is 752 g/mol. The molecule has 58 heavy (non-hydrogen) atoms. The zero-order chi connectivity index (χ0) is 41.7. The molecule has 1 aromatic carbocycles. The number of fused-ring (bicyclic) bond motifs is 2. The number of aromatic amines is 1. The first-order chi connectivity index (χ1) is 27.6. The maximum atomic E-state index is 14.4. The minimum Gasteiger partial charge on any atom is -0.370 e. The molecule has 16 heteroatoms. The topological polar surface area (TPSA) is 195 Å². The molecule has 5 N–H and O–H groups in total. The summed E-state index contributed by atoms with van der Waals surface area (Å²) < 4.78 is 28.0. The molecule has 1 aromatic heterocycles. The number of aromatic nitrogens is 1. The number of halogens is 2. The first-order valence-corrected chi connectivity index (χ1v) is 20.9. The first-order valence-electron chi connectivity index (χ1n) is 20.9. The fraction of sp³-hybridized carbons (Fsp3) is 0.643. The Morgan fingerprint density at radius 2 is 1.62 bits per heavy atom. The molecule has 2 aromatic rings. The van der Waals surface area contributed by atoms with Crippen molar-refractivity contribution in [3.63, 3.8) is 0 Å². The van der Waals surface area contributed by atoms with Crippen LogP contribution in [0.4, 0.5) is 8.78 Å². The highest BCUT2D eigenvalue weighted by molar-refractivity contribution is 6.01. The van der Waals surface area contributed by atoms with E-state index < -0.39 is 59.6 Å². The molecule has 4 fully saturated rings. The molecule has 316 valence electrons. The lowest BCUT2D eigenvalue weighted by atomic mass is 9.76. The van der Waals surface area contributed by atoms with Gasteiger partial charge < -0.3 is 36.1 Å². The summed E-state index contributed by atoms with van der Waals surface area (Å²) in [6, 6.07) is 1.52. The van der Waals surface area contributed by atoms with Gasteiger partial charge in [-0.15, -0.1) is 0 Å². The summed E-state index contributed by atoms with van der Waals surface area (Å²) in [5.41, 5.74) is 5.77. The number of Topliss-reactive ketones (excluding diaryl/α,β-unsaturated/α-hetero) is 1. The van der Waals surface area contributed by atoms with E-state index in [0.29, 0.717) is 30.4 Å². The number of hydrogen-bond acceptors (Lipinski definition) is 7. The van der Waals surface area contributed by atoms with Gasteiger partial charge in [-0.3, -0.25) is 33.6 Å². The first kappa shape index (κ1) is 42.7. The molecule has 6 amide bonds. The van der Waals surface area contributed by atoms with Crippen molar-refractivity contribution in [2.45, 2.75) is 134 Å².